The number of amides is 1. The van der Waals surface area contributed by atoms with E-state index in [0.717, 1.165) is 32.8 Å². The van der Waals surface area contributed by atoms with Gasteiger partial charge in [-0.3, -0.25) is 9.69 Å². The molecule has 1 saturated heterocycles. The maximum atomic E-state index is 11.8. The van der Waals surface area contributed by atoms with Gasteiger partial charge in [-0.15, -0.1) is 0 Å². The number of hydrogen-bond acceptors (Lipinski definition) is 6. The first-order valence-corrected chi connectivity index (χ1v) is 11.0. The molecule has 1 unspecified atom stereocenters. The highest BCUT2D eigenvalue weighted by atomic mass is 32.2. The highest BCUT2D eigenvalue weighted by Crippen LogP contribution is 1.97. The molecule has 0 aromatic heterocycles. The summed E-state index contributed by atoms with van der Waals surface area (Å²) in [6.45, 7) is 6.79. The highest BCUT2D eigenvalue weighted by Gasteiger charge is 2.13. The van der Waals surface area contributed by atoms with E-state index in [9.17, 15) is 13.2 Å². The quantitative estimate of drug-likeness (QED) is 0.374. The Labute approximate surface area is 157 Å². The number of hydrogen-bond donors (Lipinski definition) is 2. The molecule has 1 amide bonds. The lowest BCUT2D eigenvalue weighted by Crippen LogP contribution is -2.47. The standard InChI is InChI=1S/C16H33N5O4S/c1-14(5-12-26(4,23)24)19-16(18-13-15(22)20(2)3)17-6-7-21-8-10-25-11-9-21/h14H,5-13H2,1-4H3,(H2,17,18,19). The van der Waals surface area contributed by atoms with Gasteiger partial charge in [0.25, 0.3) is 0 Å². The summed E-state index contributed by atoms with van der Waals surface area (Å²) >= 11 is 0. The van der Waals surface area contributed by atoms with E-state index in [1.807, 2.05) is 6.92 Å². The van der Waals surface area contributed by atoms with Gasteiger partial charge in [-0.25, -0.2) is 13.4 Å². The van der Waals surface area contributed by atoms with Crippen LogP contribution in [0, 0.1) is 0 Å². The Morgan fingerprint density at radius 2 is 1.96 bits per heavy atom. The highest BCUT2D eigenvalue weighted by molar-refractivity contribution is 7.90. The molecule has 152 valence electrons. The van der Waals surface area contributed by atoms with Crippen LogP contribution in [-0.4, -0.2) is 108 Å². The topological polar surface area (TPSA) is 103 Å². The van der Waals surface area contributed by atoms with Gasteiger partial charge in [-0.1, -0.05) is 0 Å². The molecule has 1 rings (SSSR count). The fraction of sp³-hybridized carbons (Fsp3) is 0.875. The molecule has 1 atom stereocenters. The van der Waals surface area contributed by atoms with Crippen LogP contribution in [0.3, 0.4) is 0 Å². The maximum absolute atomic E-state index is 11.8. The second-order valence-electron chi connectivity index (χ2n) is 6.80. The Hall–Kier alpha value is -1.39. The smallest absolute Gasteiger partial charge is 0.243 e. The molecule has 2 N–H and O–H groups in total. The summed E-state index contributed by atoms with van der Waals surface area (Å²) < 4.78 is 28.0. The molecule has 1 aliphatic rings. The molecule has 0 aromatic carbocycles. The number of morpholine rings is 1. The normalized spacial score (nSPS) is 17.6. The second kappa shape index (κ2) is 11.3. The molecular formula is C16H33N5O4S. The number of carbonyl (C=O) groups is 1. The third kappa shape index (κ3) is 10.6. The van der Waals surface area contributed by atoms with Gasteiger partial charge in [0, 0.05) is 52.6 Å². The number of likely N-dealkylation sites (N-methyl/N-ethyl adjacent to an activating group) is 1. The van der Waals surface area contributed by atoms with E-state index >= 15 is 0 Å². The lowest BCUT2D eigenvalue weighted by molar-refractivity contribution is -0.127. The fourth-order valence-corrected chi connectivity index (χ4v) is 3.08. The van der Waals surface area contributed by atoms with Gasteiger partial charge in [0.05, 0.1) is 19.0 Å². The molecule has 0 radical (unpaired) electrons. The van der Waals surface area contributed by atoms with E-state index < -0.39 is 9.84 Å². The van der Waals surface area contributed by atoms with E-state index in [1.165, 1.54) is 11.2 Å². The van der Waals surface area contributed by atoms with Crippen LogP contribution in [0.5, 0.6) is 0 Å². The van der Waals surface area contributed by atoms with Crippen molar-refractivity contribution in [2.45, 2.75) is 19.4 Å². The van der Waals surface area contributed by atoms with Crippen molar-refractivity contribution in [3.8, 4) is 0 Å². The SMILES string of the molecule is CC(CCS(C)(=O)=O)NC(=NCC(=O)N(C)C)NCCN1CCOCC1. The molecule has 10 heteroatoms. The molecule has 0 saturated carbocycles. The van der Waals surface area contributed by atoms with E-state index in [0.29, 0.717) is 18.9 Å². The Bertz CT molecular complexity index is 559. The Morgan fingerprint density at radius 1 is 1.31 bits per heavy atom. The summed E-state index contributed by atoms with van der Waals surface area (Å²) in [6, 6.07) is -0.0752. The van der Waals surface area contributed by atoms with Gasteiger partial charge in [0.2, 0.25) is 5.91 Å². The van der Waals surface area contributed by atoms with Crippen molar-refractivity contribution in [3.63, 3.8) is 0 Å². The van der Waals surface area contributed by atoms with Crippen molar-refractivity contribution in [1.29, 1.82) is 0 Å². The first-order chi connectivity index (χ1) is 12.2. The minimum atomic E-state index is -3.00. The average molecular weight is 392 g/mol. The van der Waals surface area contributed by atoms with Crippen molar-refractivity contribution in [2.75, 3.05) is 72.0 Å². The van der Waals surface area contributed by atoms with Crippen LogP contribution >= 0.6 is 0 Å². The van der Waals surface area contributed by atoms with Crippen molar-refractivity contribution in [1.82, 2.24) is 20.4 Å². The zero-order chi connectivity index (χ0) is 19.6. The summed E-state index contributed by atoms with van der Waals surface area (Å²) in [7, 11) is 0.369. The van der Waals surface area contributed by atoms with Crippen LogP contribution in [0.15, 0.2) is 4.99 Å². The lowest BCUT2D eigenvalue weighted by Gasteiger charge is -2.27. The van der Waals surface area contributed by atoms with Crippen LogP contribution in [0.2, 0.25) is 0 Å². The van der Waals surface area contributed by atoms with Crippen LogP contribution in [0.1, 0.15) is 13.3 Å². The summed E-state index contributed by atoms with van der Waals surface area (Å²) in [5.74, 6) is 0.538. The molecule has 26 heavy (non-hydrogen) atoms. The number of nitrogens with one attached hydrogen (secondary N) is 2. The molecule has 9 nitrogen and oxygen atoms in total. The van der Waals surface area contributed by atoms with Gasteiger partial charge < -0.3 is 20.3 Å². The minimum absolute atomic E-state index is 0.0404. The zero-order valence-corrected chi connectivity index (χ0v) is 17.1. The number of ether oxygens (including phenoxy) is 1. The first kappa shape index (κ1) is 22.7. The maximum Gasteiger partial charge on any atom is 0.243 e. The van der Waals surface area contributed by atoms with Crippen LogP contribution in [0.25, 0.3) is 0 Å². The number of aliphatic imine (C=N–C) groups is 1. The first-order valence-electron chi connectivity index (χ1n) is 8.90. The average Bonchev–Trinajstić information content (AvgIpc) is 2.57. The number of sulfone groups is 1. The molecule has 0 spiro atoms. The zero-order valence-electron chi connectivity index (χ0n) is 16.3. The van der Waals surface area contributed by atoms with Crippen LogP contribution < -0.4 is 10.6 Å². The molecular weight excluding hydrogens is 358 g/mol. The van der Waals surface area contributed by atoms with Gasteiger partial charge in [0.1, 0.15) is 16.4 Å². The van der Waals surface area contributed by atoms with E-state index in [1.54, 1.807) is 14.1 Å². The number of rotatable bonds is 9. The fourth-order valence-electron chi connectivity index (χ4n) is 2.29. The number of nitrogens with zero attached hydrogens (tertiary/aromatic N) is 3. The molecule has 0 bridgehead atoms. The van der Waals surface area contributed by atoms with Gasteiger partial charge in [0.15, 0.2) is 5.96 Å². The summed E-state index contributed by atoms with van der Waals surface area (Å²) in [5, 5.41) is 6.41. The Morgan fingerprint density at radius 3 is 2.54 bits per heavy atom. The molecule has 1 aliphatic heterocycles. The minimum Gasteiger partial charge on any atom is -0.379 e. The van der Waals surface area contributed by atoms with Gasteiger partial charge >= 0.3 is 0 Å². The van der Waals surface area contributed by atoms with Crippen molar-refractivity contribution in [2.24, 2.45) is 4.99 Å². The lowest BCUT2D eigenvalue weighted by atomic mass is 10.3. The van der Waals surface area contributed by atoms with Crippen LogP contribution in [-0.2, 0) is 19.4 Å². The third-order valence-electron chi connectivity index (χ3n) is 4.00. The predicted molar refractivity (Wildman–Crippen MR) is 103 cm³/mol. The van der Waals surface area contributed by atoms with Gasteiger partial charge in [-0.05, 0) is 13.3 Å². The summed E-state index contributed by atoms with van der Waals surface area (Å²) in [6.07, 6.45) is 1.70. The van der Waals surface area contributed by atoms with E-state index in [2.05, 4.69) is 20.5 Å². The molecule has 1 fully saturated rings. The number of carbonyl (C=O) groups excluding carboxylic acids is 1. The van der Waals surface area contributed by atoms with Crippen LogP contribution in [0.4, 0.5) is 0 Å². The van der Waals surface area contributed by atoms with E-state index in [4.69, 9.17) is 4.74 Å². The molecule has 1 heterocycles. The third-order valence-corrected chi connectivity index (χ3v) is 4.98. The Balaban J connectivity index is 2.53. The summed E-state index contributed by atoms with van der Waals surface area (Å²) in [5.41, 5.74) is 0. The second-order valence-corrected chi connectivity index (χ2v) is 9.06. The largest absolute Gasteiger partial charge is 0.379 e. The van der Waals surface area contributed by atoms with E-state index in [-0.39, 0.29) is 24.2 Å². The number of guanidine groups is 1. The summed E-state index contributed by atoms with van der Waals surface area (Å²) in [4.78, 5) is 19.9. The predicted octanol–water partition coefficient (Wildman–Crippen LogP) is -1.23. The Kier molecular flexibility index (Phi) is 9.89. The molecule has 0 aromatic rings. The van der Waals surface area contributed by atoms with Crippen molar-refractivity contribution < 1.29 is 17.9 Å². The molecule has 0 aliphatic carbocycles. The van der Waals surface area contributed by atoms with Crippen molar-refractivity contribution >= 4 is 21.7 Å². The van der Waals surface area contributed by atoms with Gasteiger partial charge in [-0.2, -0.15) is 0 Å². The van der Waals surface area contributed by atoms with Crippen molar-refractivity contribution in [3.05, 3.63) is 0 Å². The monoisotopic (exact) mass is 391 g/mol.